The number of carbonyl (C=O) groups is 1. The van der Waals surface area contributed by atoms with Crippen molar-refractivity contribution >= 4 is 11.6 Å². The normalized spacial score (nSPS) is 11.3. The highest BCUT2D eigenvalue weighted by Gasteiger charge is 2.28. The molecule has 0 aromatic heterocycles. The lowest BCUT2D eigenvalue weighted by Crippen LogP contribution is -2.40. The molecule has 0 spiro atoms. The average Bonchev–Trinajstić information content (AvgIpc) is 2.60. The molecule has 0 saturated heterocycles. The Morgan fingerprint density at radius 1 is 1.08 bits per heavy atom. The molecule has 140 valence electrons. The third-order valence-corrected chi connectivity index (χ3v) is 4.16. The first-order valence-corrected chi connectivity index (χ1v) is 9.07. The fraction of sp³-hybridized carbons (Fsp3) is 0.409. The van der Waals surface area contributed by atoms with Crippen LogP contribution in [-0.2, 0) is 16.1 Å². The van der Waals surface area contributed by atoms with Crippen LogP contribution in [0.2, 0.25) is 0 Å². The second-order valence-corrected chi connectivity index (χ2v) is 7.03. The number of benzene rings is 2. The van der Waals surface area contributed by atoms with E-state index in [1.54, 1.807) is 13.8 Å². The summed E-state index contributed by atoms with van der Waals surface area (Å²) in [5.41, 5.74) is 3.00. The van der Waals surface area contributed by atoms with Crippen molar-refractivity contribution in [3.05, 3.63) is 59.2 Å². The summed E-state index contributed by atoms with van der Waals surface area (Å²) >= 11 is 0. The Bertz CT molecular complexity index is 715. The van der Waals surface area contributed by atoms with Gasteiger partial charge in [0.2, 0.25) is 0 Å². The van der Waals surface area contributed by atoms with Gasteiger partial charge in [-0.1, -0.05) is 37.3 Å². The van der Waals surface area contributed by atoms with Gasteiger partial charge in [0.15, 0.2) is 0 Å². The Labute approximate surface area is 156 Å². The number of hydrogen-bond acceptors (Lipinski definition) is 3. The number of nitrogens with one attached hydrogen (secondary N) is 1. The van der Waals surface area contributed by atoms with Crippen molar-refractivity contribution in [2.24, 2.45) is 0 Å². The highest BCUT2D eigenvalue weighted by Crippen LogP contribution is 2.28. The monoisotopic (exact) mass is 355 g/mol. The first-order chi connectivity index (χ1) is 12.3. The van der Waals surface area contributed by atoms with Crippen LogP contribution in [0.15, 0.2) is 42.5 Å². The summed E-state index contributed by atoms with van der Waals surface area (Å²) in [6.45, 7) is 10.7. The maximum Gasteiger partial charge on any atom is 0.256 e. The van der Waals surface area contributed by atoms with E-state index in [0.29, 0.717) is 13.2 Å². The van der Waals surface area contributed by atoms with Crippen molar-refractivity contribution < 1.29 is 14.3 Å². The molecule has 1 amide bonds. The van der Waals surface area contributed by atoms with E-state index < -0.39 is 5.60 Å². The predicted molar refractivity (Wildman–Crippen MR) is 106 cm³/mol. The summed E-state index contributed by atoms with van der Waals surface area (Å²) in [5.74, 6) is 0.705. The Morgan fingerprint density at radius 2 is 1.69 bits per heavy atom. The van der Waals surface area contributed by atoms with Crippen LogP contribution in [0, 0.1) is 13.8 Å². The molecule has 2 aromatic carbocycles. The fourth-order valence-electron chi connectivity index (χ4n) is 2.68. The van der Waals surface area contributed by atoms with E-state index >= 15 is 0 Å². The van der Waals surface area contributed by atoms with Gasteiger partial charge in [0.25, 0.3) is 5.91 Å². The number of aryl methyl sites for hydroxylation is 2. The van der Waals surface area contributed by atoms with E-state index in [-0.39, 0.29) is 5.91 Å². The van der Waals surface area contributed by atoms with E-state index in [2.05, 4.69) is 5.32 Å². The Kier molecular flexibility index (Phi) is 6.81. The van der Waals surface area contributed by atoms with E-state index in [0.717, 1.165) is 34.5 Å². The number of ether oxygens (including phenoxy) is 2. The van der Waals surface area contributed by atoms with Gasteiger partial charge in [-0.25, -0.2) is 0 Å². The minimum absolute atomic E-state index is 0.150. The summed E-state index contributed by atoms with van der Waals surface area (Å²) in [5, 5.41) is 2.95. The van der Waals surface area contributed by atoms with Crippen LogP contribution in [0.25, 0.3) is 0 Å². The zero-order valence-corrected chi connectivity index (χ0v) is 16.4. The van der Waals surface area contributed by atoms with Crippen LogP contribution >= 0.6 is 0 Å². The highest BCUT2D eigenvalue weighted by molar-refractivity contribution is 5.97. The van der Waals surface area contributed by atoms with Gasteiger partial charge in [0.1, 0.15) is 18.0 Å². The summed E-state index contributed by atoms with van der Waals surface area (Å²) in [6.07, 6.45) is 0.877. The third kappa shape index (κ3) is 5.33. The van der Waals surface area contributed by atoms with E-state index in [1.807, 2.05) is 63.2 Å². The SMILES string of the molecule is CCCOC(C)(C)C(=O)Nc1cc(C)c(OCc2ccccc2)c(C)c1. The number of amides is 1. The van der Waals surface area contributed by atoms with Gasteiger partial charge in [0, 0.05) is 12.3 Å². The number of carbonyl (C=O) groups excluding carboxylic acids is 1. The number of hydrogen-bond donors (Lipinski definition) is 1. The summed E-state index contributed by atoms with van der Waals surface area (Å²) in [4.78, 5) is 12.5. The molecule has 0 radical (unpaired) electrons. The molecule has 0 heterocycles. The van der Waals surface area contributed by atoms with Crippen LogP contribution in [0.4, 0.5) is 5.69 Å². The zero-order chi connectivity index (χ0) is 19.2. The topological polar surface area (TPSA) is 47.6 Å². The van der Waals surface area contributed by atoms with Crippen LogP contribution in [-0.4, -0.2) is 18.1 Å². The standard InChI is InChI=1S/C22H29NO3/c1-6-12-26-22(4,5)21(24)23-19-13-16(2)20(17(3)14-19)25-15-18-10-8-7-9-11-18/h7-11,13-14H,6,12,15H2,1-5H3,(H,23,24). The number of rotatable bonds is 8. The first-order valence-electron chi connectivity index (χ1n) is 9.07. The summed E-state index contributed by atoms with van der Waals surface area (Å²) in [6, 6.07) is 13.9. The molecule has 0 atom stereocenters. The van der Waals surface area contributed by atoms with Gasteiger partial charge in [0.05, 0.1) is 0 Å². The van der Waals surface area contributed by atoms with Crippen LogP contribution < -0.4 is 10.1 Å². The van der Waals surface area contributed by atoms with Crippen molar-refractivity contribution in [1.82, 2.24) is 0 Å². The molecule has 26 heavy (non-hydrogen) atoms. The lowest BCUT2D eigenvalue weighted by molar-refractivity contribution is -0.137. The molecule has 0 unspecified atom stereocenters. The molecule has 4 nitrogen and oxygen atoms in total. The molecule has 4 heteroatoms. The van der Waals surface area contributed by atoms with Gasteiger partial charge in [-0.05, 0) is 62.9 Å². The summed E-state index contributed by atoms with van der Waals surface area (Å²) in [7, 11) is 0. The van der Waals surface area contributed by atoms with Crippen molar-refractivity contribution in [3.8, 4) is 5.75 Å². The molecule has 0 bridgehead atoms. The lowest BCUT2D eigenvalue weighted by atomic mass is 10.1. The fourth-order valence-corrected chi connectivity index (χ4v) is 2.68. The smallest absolute Gasteiger partial charge is 0.256 e. The molecular weight excluding hydrogens is 326 g/mol. The molecule has 0 fully saturated rings. The van der Waals surface area contributed by atoms with Crippen molar-refractivity contribution in [2.45, 2.75) is 53.2 Å². The maximum absolute atomic E-state index is 12.5. The Hall–Kier alpha value is -2.33. The molecule has 1 N–H and O–H groups in total. The van der Waals surface area contributed by atoms with Gasteiger partial charge < -0.3 is 14.8 Å². The summed E-state index contributed by atoms with van der Waals surface area (Å²) < 4.78 is 11.6. The van der Waals surface area contributed by atoms with Gasteiger partial charge in [-0.15, -0.1) is 0 Å². The predicted octanol–water partition coefficient (Wildman–Crippen LogP) is 5.03. The molecule has 0 aliphatic rings. The van der Waals surface area contributed by atoms with Gasteiger partial charge >= 0.3 is 0 Å². The highest BCUT2D eigenvalue weighted by atomic mass is 16.5. The van der Waals surface area contributed by atoms with Crippen LogP contribution in [0.3, 0.4) is 0 Å². The molecule has 0 aliphatic heterocycles. The third-order valence-electron chi connectivity index (χ3n) is 4.16. The van der Waals surface area contributed by atoms with E-state index in [4.69, 9.17) is 9.47 Å². The van der Waals surface area contributed by atoms with E-state index in [1.165, 1.54) is 0 Å². The molecular formula is C22H29NO3. The van der Waals surface area contributed by atoms with Gasteiger partial charge in [-0.2, -0.15) is 0 Å². The van der Waals surface area contributed by atoms with Crippen LogP contribution in [0.1, 0.15) is 43.9 Å². The maximum atomic E-state index is 12.5. The molecule has 2 aromatic rings. The van der Waals surface area contributed by atoms with Crippen LogP contribution in [0.5, 0.6) is 5.75 Å². The van der Waals surface area contributed by atoms with E-state index in [9.17, 15) is 4.79 Å². The second kappa shape index (κ2) is 8.86. The lowest BCUT2D eigenvalue weighted by Gasteiger charge is -2.24. The minimum atomic E-state index is -0.861. The zero-order valence-electron chi connectivity index (χ0n) is 16.4. The molecule has 0 aliphatic carbocycles. The van der Waals surface area contributed by atoms with Crippen molar-refractivity contribution in [1.29, 1.82) is 0 Å². The molecule has 0 saturated carbocycles. The second-order valence-electron chi connectivity index (χ2n) is 7.03. The average molecular weight is 355 g/mol. The largest absolute Gasteiger partial charge is 0.488 e. The molecule has 2 rings (SSSR count). The van der Waals surface area contributed by atoms with Crippen molar-refractivity contribution in [3.63, 3.8) is 0 Å². The first kappa shape index (κ1) is 20.0. The minimum Gasteiger partial charge on any atom is -0.488 e. The van der Waals surface area contributed by atoms with Crippen molar-refractivity contribution in [2.75, 3.05) is 11.9 Å². The quantitative estimate of drug-likeness (QED) is 0.723. The Morgan fingerprint density at radius 3 is 2.27 bits per heavy atom. The van der Waals surface area contributed by atoms with Gasteiger partial charge in [-0.3, -0.25) is 4.79 Å². The Balaban J connectivity index is 2.07. The number of anilines is 1.